The lowest BCUT2D eigenvalue weighted by atomic mass is 9.69. The average molecular weight is 560 g/mol. The summed E-state index contributed by atoms with van der Waals surface area (Å²) in [6, 6.07) is 9.10. The molecule has 0 radical (unpaired) electrons. The van der Waals surface area contributed by atoms with Crippen molar-refractivity contribution in [2.75, 3.05) is 0 Å². The van der Waals surface area contributed by atoms with Crippen molar-refractivity contribution in [3.05, 3.63) is 63.5 Å². The number of hydrogen-bond donors (Lipinski definition) is 1. The van der Waals surface area contributed by atoms with Gasteiger partial charge < -0.3 is 9.84 Å². The van der Waals surface area contributed by atoms with Crippen LogP contribution in [0.4, 0.5) is 0 Å². The van der Waals surface area contributed by atoms with Crippen LogP contribution in [0.2, 0.25) is 0 Å². The molecule has 1 aromatic heterocycles. The lowest BCUT2D eigenvalue weighted by molar-refractivity contribution is -0.0842. The molecule has 226 valence electrons. The molecule has 0 bridgehead atoms. The van der Waals surface area contributed by atoms with E-state index in [1.54, 1.807) is 0 Å². The summed E-state index contributed by atoms with van der Waals surface area (Å²) in [6.07, 6.45) is 10.9. The van der Waals surface area contributed by atoms with Crippen molar-refractivity contribution in [1.82, 2.24) is 4.98 Å². The summed E-state index contributed by atoms with van der Waals surface area (Å²) in [4.78, 5) is 5.50. The minimum atomic E-state index is -0.462. The van der Waals surface area contributed by atoms with E-state index in [0.717, 1.165) is 36.4 Å². The molecular formula is C38H57NO2. The van der Waals surface area contributed by atoms with Crippen molar-refractivity contribution in [3.8, 4) is 0 Å². The summed E-state index contributed by atoms with van der Waals surface area (Å²) in [7, 11) is 0. The molecular weight excluding hydrogens is 502 g/mol. The minimum Gasteiger partial charge on any atom is -0.388 e. The highest BCUT2D eigenvalue weighted by atomic mass is 16.5. The molecule has 1 aromatic carbocycles. The van der Waals surface area contributed by atoms with E-state index in [-0.39, 0.29) is 22.5 Å². The predicted molar refractivity (Wildman–Crippen MR) is 170 cm³/mol. The molecule has 4 unspecified atom stereocenters. The Morgan fingerprint density at radius 3 is 2.32 bits per heavy atom. The van der Waals surface area contributed by atoms with Crippen molar-refractivity contribution in [1.29, 1.82) is 0 Å². The molecule has 41 heavy (non-hydrogen) atoms. The van der Waals surface area contributed by atoms with Crippen molar-refractivity contribution >= 4 is 0 Å². The second-order valence-electron chi connectivity index (χ2n) is 16.0. The second kappa shape index (κ2) is 11.4. The van der Waals surface area contributed by atoms with Gasteiger partial charge >= 0.3 is 0 Å². The molecule has 0 saturated heterocycles. The molecule has 4 aliphatic rings. The first kappa shape index (κ1) is 30.7. The van der Waals surface area contributed by atoms with Crippen LogP contribution in [0.1, 0.15) is 177 Å². The zero-order valence-corrected chi connectivity index (χ0v) is 27.6. The van der Waals surface area contributed by atoms with Gasteiger partial charge in [0.15, 0.2) is 0 Å². The van der Waals surface area contributed by atoms with E-state index in [9.17, 15) is 5.11 Å². The van der Waals surface area contributed by atoms with Crippen LogP contribution in [-0.2, 0) is 22.2 Å². The first-order valence-electron chi connectivity index (χ1n) is 16.8. The molecule has 1 spiro atoms. The molecule has 2 fully saturated rings. The van der Waals surface area contributed by atoms with Gasteiger partial charge in [0.25, 0.3) is 0 Å². The topological polar surface area (TPSA) is 42.4 Å². The summed E-state index contributed by atoms with van der Waals surface area (Å²) >= 11 is 0. The van der Waals surface area contributed by atoms with Crippen molar-refractivity contribution in [2.24, 2.45) is 17.3 Å². The fourth-order valence-electron chi connectivity index (χ4n) is 7.99. The van der Waals surface area contributed by atoms with Crippen molar-refractivity contribution < 1.29 is 9.84 Å². The SMILES string of the molecule is CC1CCCC12OC(c1cccc(C(C)(C)C)c1)c1c(C3CCCC3)nc3c(c12)C(O)CC(C)(C)C3.CCC(C)C. The van der Waals surface area contributed by atoms with Crippen molar-refractivity contribution in [3.63, 3.8) is 0 Å². The van der Waals surface area contributed by atoms with Crippen LogP contribution in [0.25, 0.3) is 0 Å². The molecule has 3 aliphatic carbocycles. The van der Waals surface area contributed by atoms with E-state index in [0.29, 0.717) is 11.8 Å². The molecule has 4 atom stereocenters. The Kier molecular flexibility index (Phi) is 8.56. The van der Waals surface area contributed by atoms with E-state index in [1.165, 1.54) is 72.9 Å². The van der Waals surface area contributed by atoms with Crippen LogP contribution in [-0.4, -0.2) is 10.1 Å². The number of nitrogens with zero attached hydrogens (tertiary/aromatic N) is 1. The maximum Gasteiger partial charge on any atom is 0.111 e. The summed E-state index contributed by atoms with van der Waals surface area (Å²) in [6.45, 7) is 20.5. The minimum absolute atomic E-state index is 0.0644. The zero-order valence-electron chi connectivity index (χ0n) is 27.6. The Balaban J connectivity index is 0.000000623. The third-order valence-corrected chi connectivity index (χ3v) is 10.7. The number of aromatic nitrogens is 1. The van der Waals surface area contributed by atoms with Crippen LogP contribution < -0.4 is 0 Å². The third-order valence-electron chi connectivity index (χ3n) is 10.7. The van der Waals surface area contributed by atoms with Gasteiger partial charge in [0.05, 0.1) is 17.4 Å². The Morgan fingerprint density at radius 2 is 1.73 bits per heavy atom. The number of aliphatic hydroxyl groups is 1. The highest BCUT2D eigenvalue weighted by Gasteiger charge is 2.56. The predicted octanol–water partition coefficient (Wildman–Crippen LogP) is 10.2. The summed E-state index contributed by atoms with van der Waals surface area (Å²) < 4.78 is 7.36. The normalized spacial score (nSPS) is 29.0. The third kappa shape index (κ3) is 5.79. The van der Waals surface area contributed by atoms with Crippen molar-refractivity contribution in [2.45, 2.75) is 156 Å². The van der Waals surface area contributed by atoms with Gasteiger partial charge in [-0.05, 0) is 84.3 Å². The molecule has 1 N–H and O–H groups in total. The van der Waals surface area contributed by atoms with Crippen LogP contribution in [0.3, 0.4) is 0 Å². The Morgan fingerprint density at radius 1 is 1.05 bits per heavy atom. The number of rotatable bonds is 3. The lowest BCUT2D eigenvalue weighted by Gasteiger charge is -2.39. The highest BCUT2D eigenvalue weighted by Crippen LogP contribution is 2.62. The van der Waals surface area contributed by atoms with Crippen LogP contribution in [0.5, 0.6) is 0 Å². The molecule has 3 heteroatoms. The smallest absolute Gasteiger partial charge is 0.111 e. The van der Waals surface area contributed by atoms with Crippen LogP contribution in [0, 0.1) is 17.3 Å². The van der Waals surface area contributed by atoms with Crippen LogP contribution >= 0.6 is 0 Å². The van der Waals surface area contributed by atoms with Gasteiger partial charge in [0.2, 0.25) is 0 Å². The van der Waals surface area contributed by atoms with Gasteiger partial charge in [-0.3, -0.25) is 4.98 Å². The maximum absolute atomic E-state index is 11.7. The monoisotopic (exact) mass is 559 g/mol. The van der Waals surface area contributed by atoms with Crippen LogP contribution in [0.15, 0.2) is 24.3 Å². The number of benzene rings is 1. The average Bonchev–Trinajstić information content (AvgIpc) is 3.63. The van der Waals surface area contributed by atoms with Gasteiger partial charge in [0.1, 0.15) is 6.10 Å². The summed E-state index contributed by atoms with van der Waals surface area (Å²) in [5.74, 6) is 1.84. The van der Waals surface area contributed by atoms with E-state index >= 15 is 0 Å². The van der Waals surface area contributed by atoms with Gasteiger partial charge in [-0.15, -0.1) is 0 Å². The number of ether oxygens (including phenoxy) is 1. The number of aliphatic hydroxyl groups excluding tert-OH is 1. The Labute approximate surface area is 250 Å². The zero-order chi connectivity index (χ0) is 29.7. The van der Waals surface area contributed by atoms with E-state index in [1.807, 2.05) is 0 Å². The molecule has 2 aromatic rings. The number of pyridine rings is 1. The van der Waals surface area contributed by atoms with E-state index in [2.05, 4.69) is 86.6 Å². The van der Waals surface area contributed by atoms with Gasteiger partial charge in [0, 0.05) is 22.7 Å². The first-order chi connectivity index (χ1) is 19.3. The summed E-state index contributed by atoms with van der Waals surface area (Å²) in [5, 5.41) is 11.7. The molecule has 2 saturated carbocycles. The van der Waals surface area contributed by atoms with Gasteiger partial charge in [-0.1, -0.05) is 106 Å². The highest BCUT2D eigenvalue weighted by molar-refractivity contribution is 5.55. The van der Waals surface area contributed by atoms with Gasteiger partial charge in [-0.2, -0.15) is 0 Å². The quantitative estimate of drug-likeness (QED) is 0.407. The largest absolute Gasteiger partial charge is 0.388 e. The molecule has 2 heterocycles. The first-order valence-corrected chi connectivity index (χ1v) is 16.8. The molecule has 1 aliphatic heterocycles. The molecule has 6 rings (SSSR count). The Hall–Kier alpha value is -1.71. The lowest BCUT2D eigenvalue weighted by Crippen LogP contribution is -2.34. The van der Waals surface area contributed by atoms with Gasteiger partial charge in [-0.25, -0.2) is 0 Å². The molecule has 0 amide bonds. The number of hydrogen-bond acceptors (Lipinski definition) is 3. The van der Waals surface area contributed by atoms with E-state index in [4.69, 9.17) is 9.72 Å². The summed E-state index contributed by atoms with van der Waals surface area (Å²) in [5.41, 5.74) is 8.73. The fraction of sp³-hybridized carbons (Fsp3) is 0.711. The number of fused-ring (bicyclic) bond motifs is 4. The van der Waals surface area contributed by atoms with E-state index < -0.39 is 6.10 Å². The Bertz CT molecular complexity index is 1230. The second-order valence-corrected chi connectivity index (χ2v) is 16.0. The maximum atomic E-state index is 11.7. The fourth-order valence-corrected chi connectivity index (χ4v) is 7.99. The molecule has 3 nitrogen and oxygen atoms in total. The standard InChI is InChI=1S/C33H45NO2.C5H12/c1-20-11-10-16-33(20)28-26-24(18-32(5,6)19-25(26)35)34-29(21-12-7-8-13-21)27(28)30(36-33)22-14-9-15-23(17-22)31(2,3)4;1-4-5(2)3/h9,14-15,17,20-21,25,30,35H,7-8,10-13,16,18-19H2,1-6H3;5H,4H2,1-3H3.